The first-order valence-electron chi connectivity index (χ1n) is 9.96. The van der Waals surface area contributed by atoms with Crippen LogP contribution < -0.4 is 21.3 Å². The minimum Gasteiger partial charge on any atom is -0.497 e. The molecule has 11 heteroatoms. The van der Waals surface area contributed by atoms with Crippen LogP contribution in [0.5, 0.6) is 5.75 Å². The van der Waals surface area contributed by atoms with Crippen molar-refractivity contribution in [2.45, 2.75) is 31.1 Å². The Labute approximate surface area is 179 Å². The number of piperidine rings is 1. The van der Waals surface area contributed by atoms with Gasteiger partial charge in [0, 0.05) is 31.2 Å². The average molecular weight is 451 g/mol. The lowest BCUT2D eigenvalue weighted by molar-refractivity contribution is -0.126. The van der Waals surface area contributed by atoms with Gasteiger partial charge in [0.1, 0.15) is 5.75 Å². The highest BCUT2D eigenvalue weighted by molar-refractivity contribution is 7.89. The summed E-state index contributed by atoms with van der Waals surface area (Å²) in [6, 6.07) is 7.61. The maximum absolute atomic E-state index is 12.9. The summed E-state index contributed by atoms with van der Waals surface area (Å²) in [5.74, 6) is 0.370. The highest BCUT2D eigenvalue weighted by atomic mass is 32.2. The van der Waals surface area contributed by atoms with Crippen molar-refractivity contribution in [3.8, 4) is 5.75 Å². The number of hydrogen-bond acceptors (Lipinski definition) is 6. The Morgan fingerprint density at radius 1 is 1.16 bits per heavy atom. The lowest BCUT2D eigenvalue weighted by Crippen LogP contribution is -2.45. The highest BCUT2D eigenvalue weighted by Gasteiger charge is 2.34. The molecule has 1 aliphatic rings. The zero-order valence-electron chi connectivity index (χ0n) is 17.4. The number of nitrogens with one attached hydrogen (secondary N) is 3. The van der Waals surface area contributed by atoms with Crippen LogP contribution in [0.3, 0.4) is 0 Å². The molecule has 2 heterocycles. The summed E-state index contributed by atoms with van der Waals surface area (Å²) in [5.41, 5.74) is -0.637. The Morgan fingerprint density at radius 2 is 1.81 bits per heavy atom. The summed E-state index contributed by atoms with van der Waals surface area (Å²) in [5, 5.41) is 2.91. The Morgan fingerprint density at radius 3 is 2.39 bits per heavy atom. The number of H-pyrrole nitrogens is 2. The molecule has 1 aliphatic heterocycles. The van der Waals surface area contributed by atoms with Crippen molar-refractivity contribution in [3.63, 3.8) is 0 Å². The van der Waals surface area contributed by atoms with Crippen LogP contribution in [0.15, 0.2) is 38.8 Å². The van der Waals surface area contributed by atoms with Crippen molar-refractivity contribution in [1.82, 2.24) is 19.6 Å². The zero-order chi connectivity index (χ0) is 22.6. The second-order valence-corrected chi connectivity index (χ2v) is 9.30. The standard InChI is InChI=1S/C20H26N4O6S/c1-13-17(19(26)23-20(27)22-13)31(28,29)24-11-8-15(9-12-24)18(25)21-10-7-14-3-5-16(30-2)6-4-14/h3-6,15H,7-12H2,1-2H3,(H,21,25)(H2,22,23,26,27). The van der Waals surface area contributed by atoms with Gasteiger partial charge in [-0.15, -0.1) is 0 Å². The SMILES string of the molecule is COc1ccc(CCNC(=O)C2CCN(S(=O)(=O)c3c(C)[nH]c(=O)[nH]c3=O)CC2)cc1. The van der Waals surface area contributed by atoms with Crippen LogP contribution in [0.2, 0.25) is 0 Å². The van der Waals surface area contributed by atoms with Gasteiger partial charge in [0.15, 0.2) is 4.90 Å². The number of carbonyl (C=O) groups excluding carboxylic acids is 1. The third-order valence-electron chi connectivity index (χ3n) is 5.37. The molecule has 1 amide bonds. The van der Waals surface area contributed by atoms with E-state index in [1.54, 1.807) is 7.11 Å². The second kappa shape index (κ2) is 9.48. The topological polar surface area (TPSA) is 141 Å². The number of amides is 1. The Bertz CT molecular complexity index is 1150. The number of sulfonamides is 1. The number of hydrogen-bond donors (Lipinski definition) is 3. The molecule has 1 aromatic carbocycles. The number of aromatic amines is 2. The average Bonchev–Trinajstić information content (AvgIpc) is 2.73. The summed E-state index contributed by atoms with van der Waals surface area (Å²) in [6.45, 7) is 2.09. The minimum atomic E-state index is -4.07. The number of methoxy groups -OCH3 is 1. The third kappa shape index (κ3) is 5.23. The maximum Gasteiger partial charge on any atom is 0.325 e. The van der Waals surface area contributed by atoms with E-state index in [0.717, 1.165) is 11.3 Å². The molecular formula is C20H26N4O6S. The molecule has 0 saturated carbocycles. The van der Waals surface area contributed by atoms with Gasteiger partial charge in [-0.3, -0.25) is 14.6 Å². The monoisotopic (exact) mass is 450 g/mol. The molecule has 1 fully saturated rings. The number of nitrogens with zero attached hydrogens (tertiary/aromatic N) is 1. The summed E-state index contributed by atoms with van der Waals surface area (Å²) in [6.07, 6.45) is 1.39. The molecule has 1 aromatic heterocycles. The van der Waals surface area contributed by atoms with E-state index in [9.17, 15) is 22.8 Å². The third-order valence-corrected chi connectivity index (χ3v) is 7.42. The van der Waals surface area contributed by atoms with Gasteiger partial charge >= 0.3 is 5.69 Å². The number of rotatable bonds is 7. The van der Waals surface area contributed by atoms with Crippen LogP contribution in [0.25, 0.3) is 0 Å². The largest absolute Gasteiger partial charge is 0.497 e. The molecule has 0 spiro atoms. The van der Waals surface area contributed by atoms with E-state index in [-0.39, 0.29) is 30.6 Å². The quantitative estimate of drug-likeness (QED) is 0.548. The number of benzene rings is 1. The smallest absolute Gasteiger partial charge is 0.325 e. The molecule has 3 N–H and O–H groups in total. The molecule has 31 heavy (non-hydrogen) atoms. The predicted octanol–water partition coefficient (Wildman–Crippen LogP) is 0.140. The van der Waals surface area contributed by atoms with Crippen molar-refractivity contribution >= 4 is 15.9 Å². The van der Waals surface area contributed by atoms with Gasteiger partial charge in [-0.1, -0.05) is 12.1 Å². The lowest BCUT2D eigenvalue weighted by atomic mass is 9.97. The molecule has 2 aromatic rings. The first-order chi connectivity index (χ1) is 14.7. The first-order valence-corrected chi connectivity index (χ1v) is 11.4. The van der Waals surface area contributed by atoms with Gasteiger partial charge in [-0.25, -0.2) is 13.2 Å². The van der Waals surface area contributed by atoms with Crippen LogP contribution >= 0.6 is 0 Å². The van der Waals surface area contributed by atoms with E-state index in [1.807, 2.05) is 29.2 Å². The Balaban J connectivity index is 1.54. The van der Waals surface area contributed by atoms with E-state index in [2.05, 4.69) is 10.3 Å². The normalized spacial score (nSPS) is 15.5. The van der Waals surface area contributed by atoms with Crippen LogP contribution in [-0.2, 0) is 21.2 Å². The highest BCUT2D eigenvalue weighted by Crippen LogP contribution is 2.23. The maximum atomic E-state index is 12.9. The van der Waals surface area contributed by atoms with Crippen LogP contribution in [-0.4, -0.2) is 55.3 Å². The van der Waals surface area contributed by atoms with Crippen molar-refractivity contribution in [1.29, 1.82) is 0 Å². The molecule has 168 valence electrons. The number of carbonyl (C=O) groups is 1. The predicted molar refractivity (Wildman–Crippen MR) is 114 cm³/mol. The van der Waals surface area contributed by atoms with Gasteiger partial charge in [0.05, 0.1) is 7.11 Å². The molecule has 3 rings (SSSR count). The summed E-state index contributed by atoms with van der Waals surface area (Å²) < 4.78 is 32.0. The van der Waals surface area contributed by atoms with Crippen LogP contribution in [0.4, 0.5) is 0 Å². The van der Waals surface area contributed by atoms with E-state index in [4.69, 9.17) is 4.74 Å². The van der Waals surface area contributed by atoms with E-state index < -0.39 is 26.2 Å². The van der Waals surface area contributed by atoms with E-state index in [1.165, 1.54) is 11.2 Å². The molecule has 0 unspecified atom stereocenters. The van der Waals surface area contributed by atoms with Crippen molar-refractivity contribution in [3.05, 3.63) is 56.4 Å². The van der Waals surface area contributed by atoms with E-state index in [0.29, 0.717) is 25.8 Å². The first kappa shape index (κ1) is 22.8. The molecule has 0 atom stereocenters. The van der Waals surface area contributed by atoms with Crippen molar-refractivity contribution < 1.29 is 17.9 Å². The molecule has 0 bridgehead atoms. The van der Waals surface area contributed by atoms with Crippen LogP contribution in [0.1, 0.15) is 24.1 Å². The van der Waals surface area contributed by atoms with E-state index >= 15 is 0 Å². The molecule has 1 saturated heterocycles. The minimum absolute atomic E-state index is 0.00727. The van der Waals surface area contributed by atoms with Gasteiger partial charge in [0.2, 0.25) is 15.9 Å². The Hall–Kier alpha value is -2.92. The van der Waals surface area contributed by atoms with Gasteiger partial charge in [-0.05, 0) is 43.9 Å². The van der Waals surface area contributed by atoms with Gasteiger partial charge < -0.3 is 15.0 Å². The summed E-state index contributed by atoms with van der Waals surface area (Å²) in [4.78, 5) is 39.6. The summed E-state index contributed by atoms with van der Waals surface area (Å²) >= 11 is 0. The van der Waals surface area contributed by atoms with Gasteiger partial charge in [-0.2, -0.15) is 4.31 Å². The fourth-order valence-electron chi connectivity index (χ4n) is 3.65. The van der Waals surface area contributed by atoms with Crippen LogP contribution in [0, 0.1) is 12.8 Å². The number of aryl methyl sites for hydroxylation is 1. The molecule has 10 nitrogen and oxygen atoms in total. The van der Waals surface area contributed by atoms with Crippen molar-refractivity contribution in [2.24, 2.45) is 5.92 Å². The zero-order valence-corrected chi connectivity index (χ0v) is 18.3. The van der Waals surface area contributed by atoms with Crippen molar-refractivity contribution in [2.75, 3.05) is 26.7 Å². The van der Waals surface area contributed by atoms with Gasteiger partial charge in [0.25, 0.3) is 5.56 Å². The molecule has 0 aliphatic carbocycles. The molecular weight excluding hydrogens is 424 g/mol. The fourth-order valence-corrected chi connectivity index (χ4v) is 5.33. The second-order valence-electron chi connectivity index (χ2n) is 7.43. The summed E-state index contributed by atoms with van der Waals surface area (Å²) in [7, 11) is -2.47. The molecule has 0 radical (unpaired) electrons. The number of ether oxygens (including phenoxy) is 1. The lowest BCUT2D eigenvalue weighted by Gasteiger charge is -2.30. The number of aromatic nitrogens is 2. The Kier molecular flexibility index (Phi) is 6.96. The fraction of sp³-hybridized carbons (Fsp3) is 0.450.